The van der Waals surface area contributed by atoms with Crippen LogP contribution in [0.5, 0.6) is 5.75 Å². The molecule has 5 unspecified atom stereocenters. The van der Waals surface area contributed by atoms with Gasteiger partial charge in [0.15, 0.2) is 0 Å². The van der Waals surface area contributed by atoms with Crippen molar-refractivity contribution in [2.24, 2.45) is 11.8 Å². The maximum Gasteiger partial charge on any atom is 0.263 e. The van der Waals surface area contributed by atoms with E-state index in [0.29, 0.717) is 29.8 Å². The monoisotopic (exact) mass is 558 g/mol. The van der Waals surface area contributed by atoms with Gasteiger partial charge in [-0.25, -0.2) is 4.21 Å². The lowest BCUT2D eigenvalue weighted by Crippen LogP contribution is -2.44. The van der Waals surface area contributed by atoms with E-state index >= 15 is 0 Å². The van der Waals surface area contributed by atoms with Crippen molar-refractivity contribution in [3.05, 3.63) is 58.1 Å². The van der Waals surface area contributed by atoms with E-state index in [1.165, 1.54) is 11.1 Å². The number of aliphatic hydroxyl groups excluding tert-OH is 1. The molecule has 1 saturated carbocycles. The van der Waals surface area contributed by atoms with Crippen LogP contribution in [0, 0.1) is 11.8 Å². The fourth-order valence-corrected chi connectivity index (χ4v) is 7.34. The van der Waals surface area contributed by atoms with Crippen molar-refractivity contribution >= 4 is 34.2 Å². The molecule has 6 nitrogen and oxygen atoms in total. The SMILES string of the molecule is CCCc1cc(Cl)ccc1C1COc2ccc3cc2N(C1)CC1CCC1C(O)CCCCCS(=O)NC3=O. The molecule has 0 radical (unpaired) electrons. The zero-order chi connectivity index (χ0) is 26.6. The van der Waals surface area contributed by atoms with Crippen molar-refractivity contribution in [2.45, 2.75) is 70.3 Å². The third kappa shape index (κ3) is 6.21. The largest absolute Gasteiger partial charge is 0.491 e. The molecule has 3 aliphatic rings. The van der Waals surface area contributed by atoms with Crippen LogP contribution >= 0.6 is 11.6 Å². The second-order valence-electron chi connectivity index (χ2n) is 11.1. The number of ether oxygens (including phenoxy) is 1. The molecule has 1 aliphatic carbocycles. The highest BCUT2D eigenvalue weighted by Crippen LogP contribution is 2.43. The smallest absolute Gasteiger partial charge is 0.263 e. The van der Waals surface area contributed by atoms with Gasteiger partial charge >= 0.3 is 0 Å². The Labute approximate surface area is 233 Å². The van der Waals surface area contributed by atoms with Crippen LogP contribution in [0.15, 0.2) is 36.4 Å². The number of carbonyl (C=O) groups excluding carboxylic acids is 1. The zero-order valence-corrected chi connectivity index (χ0v) is 23.7. The molecule has 2 aromatic rings. The summed E-state index contributed by atoms with van der Waals surface area (Å²) in [6, 6.07) is 11.7. The number of nitrogens with zero attached hydrogens (tertiary/aromatic N) is 1. The minimum atomic E-state index is -1.42. The Hall–Kier alpha value is -2.09. The highest BCUT2D eigenvalue weighted by Gasteiger charge is 2.38. The molecule has 38 heavy (non-hydrogen) atoms. The lowest BCUT2D eigenvalue weighted by molar-refractivity contribution is 0.00941. The van der Waals surface area contributed by atoms with E-state index in [1.54, 1.807) is 6.07 Å². The van der Waals surface area contributed by atoms with Gasteiger partial charge in [-0.3, -0.25) is 9.52 Å². The second-order valence-corrected chi connectivity index (χ2v) is 12.8. The summed E-state index contributed by atoms with van der Waals surface area (Å²) in [5.74, 6) is 1.69. The molecule has 8 heteroatoms. The maximum atomic E-state index is 13.0. The number of amides is 1. The van der Waals surface area contributed by atoms with Gasteiger partial charge in [-0.2, -0.15) is 0 Å². The van der Waals surface area contributed by atoms with Gasteiger partial charge in [-0.15, -0.1) is 0 Å². The van der Waals surface area contributed by atoms with Crippen molar-refractivity contribution in [3.8, 4) is 5.75 Å². The number of rotatable bonds is 3. The predicted molar refractivity (Wildman–Crippen MR) is 154 cm³/mol. The number of aliphatic hydroxyl groups is 1. The number of aryl methyl sites for hydroxylation is 1. The summed E-state index contributed by atoms with van der Waals surface area (Å²) >= 11 is 6.36. The van der Waals surface area contributed by atoms with Crippen molar-refractivity contribution < 1.29 is 18.8 Å². The van der Waals surface area contributed by atoms with Crippen molar-refractivity contribution in [1.82, 2.24) is 4.72 Å². The number of hydrogen-bond acceptors (Lipinski definition) is 5. The highest BCUT2D eigenvalue weighted by atomic mass is 35.5. The van der Waals surface area contributed by atoms with Crippen LogP contribution in [0.2, 0.25) is 5.02 Å². The molecule has 2 N–H and O–H groups in total. The summed E-state index contributed by atoms with van der Waals surface area (Å²) in [6.07, 6.45) is 7.20. The number of nitrogens with one attached hydrogen (secondary N) is 1. The van der Waals surface area contributed by atoms with E-state index < -0.39 is 11.0 Å². The fourth-order valence-electron chi connectivity index (χ4n) is 6.26. The fraction of sp³-hybridized carbons (Fsp3) is 0.567. The summed E-state index contributed by atoms with van der Waals surface area (Å²) in [6.45, 7) is 4.27. The number of benzene rings is 2. The zero-order valence-electron chi connectivity index (χ0n) is 22.2. The van der Waals surface area contributed by atoms with Crippen LogP contribution in [0.25, 0.3) is 0 Å². The topological polar surface area (TPSA) is 78.9 Å². The molecule has 0 aromatic heterocycles. The van der Waals surface area contributed by atoms with E-state index in [4.69, 9.17) is 16.3 Å². The molecule has 2 bridgehead atoms. The number of carbonyl (C=O) groups is 1. The van der Waals surface area contributed by atoms with E-state index in [9.17, 15) is 14.1 Å². The van der Waals surface area contributed by atoms with Gasteiger partial charge in [0, 0.05) is 35.3 Å². The molecule has 0 spiro atoms. The molecule has 206 valence electrons. The molecule has 2 aromatic carbocycles. The summed E-state index contributed by atoms with van der Waals surface area (Å²) in [7, 11) is -1.42. The summed E-state index contributed by atoms with van der Waals surface area (Å²) < 4.78 is 21.5. The molecular formula is C30H39ClN2O4S. The molecule has 0 saturated heterocycles. The van der Waals surface area contributed by atoms with Crippen molar-refractivity contribution in [2.75, 3.05) is 30.3 Å². The number of fused-ring (bicyclic) bond motifs is 2. The normalized spacial score (nSPS) is 28.3. The van der Waals surface area contributed by atoms with Gasteiger partial charge in [-0.1, -0.05) is 43.9 Å². The lowest BCUT2D eigenvalue weighted by atomic mass is 9.69. The Morgan fingerprint density at radius 1 is 1.11 bits per heavy atom. The Kier molecular flexibility index (Phi) is 8.96. The number of halogens is 1. The van der Waals surface area contributed by atoms with E-state index in [2.05, 4.69) is 28.7 Å². The first-order valence-corrected chi connectivity index (χ1v) is 15.8. The van der Waals surface area contributed by atoms with Crippen molar-refractivity contribution in [1.29, 1.82) is 0 Å². The van der Waals surface area contributed by atoms with Crippen LogP contribution in [0.4, 0.5) is 5.69 Å². The average Bonchev–Trinajstić information content (AvgIpc) is 3.05. The van der Waals surface area contributed by atoms with Crippen LogP contribution < -0.4 is 14.4 Å². The van der Waals surface area contributed by atoms with Crippen LogP contribution in [0.1, 0.15) is 79.3 Å². The predicted octanol–water partition coefficient (Wildman–Crippen LogP) is 5.63. The molecule has 2 aliphatic heterocycles. The number of anilines is 1. The Morgan fingerprint density at radius 2 is 1.97 bits per heavy atom. The van der Waals surface area contributed by atoms with Crippen LogP contribution in [-0.2, 0) is 17.4 Å². The lowest BCUT2D eigenvalue weighted by Gasteiger charge is -2.43. The standard InChI is InChI=1S/C30H39ClN2O4S/c1-2-6-20-15-24(31)10-12-25(20)23-18-33-17-22-8-11-26(22)28(34)7-4-3-5-14-38(36)32-30(35)21-9-13-29(37-19-23)27(33)16-21/h9-10,12-13,15-16,22-23,26,28,34H,2-8,11,14,17-19H2,1H3,(H,32,35). The third-order valence-electron chi connectivity index (χ3n) is 8.47. The highest BCUT2D eigenvalue weighted by molar-refractivity contribution is 7.83. The number of hydrogen-bond donors (Lipinski definition) is 2. The Morgan fingerprint density at radius 3 is 2.76 bits per heavy atom. The Balaban J connectivity index is 1.50. The summed E-state index contributed by atoms with van der Waals surface area (Å²) in [5.41, 5.74) is 3.90. The van der Waals surface area contributed by atoms with Gasteiger partial charge in [0.25, 0.3) is 5.91 Å². The first-order valence-electron chi connectivity index (χ1n) is 14.1. The minimum Gasteiger partial charge on any atom is -0.491 e. The molecule has 1 amide bonds. The molecule has 5 rings (SSSR count). The summed E-state index contributed by atoms with van der Waals surface area (Å²) in [4.78, 5) is 15.3. The van der Waals surface area contributed by atoms with Gasteiger partial charge in [-0.05, 0) is 85.4 Å². The second kappa shape index (κ2) is 12.4. The van der Waals surface area contributed by atoms with Crippen LogP contribution in [-0.4, -0.2) is 46.8 Å². The van der Waals surface area contributed by atoms with E-state index in [1.807, 2.05) is 18.2 Å². The average molecular weight is 559 g/mol. The molecule has 1 fully saturated rings. The third-order valence-corrected chi connectivity index (χ3v) is 9.78. The van der Waals surface area contributed by atoms with Crippen LogP contribution in [0.3, 0.4) is 0 Å². The van der Waals surface area contributed by atoms with Gasteiger partial charge < -0.3 is 14.7 Å². The van der Waals surface area contributed by atoms with Crippen molar-refractivity contribution in [3.63, 3.8) is 0 Å². The maximum absolute atomic E-state index is 13.0. The Bertz CT molecular complexity index is 1170. The quantitative estimate of drug-likeness (QED) is 0.510. The molecule has 5 atom stereocenters. The van der Waals surface area contributed by atoms with Gasteiger partial charge in [0.2, 0.25) is 0 Å². The minimum absolute atomic E-state index is 0.139. The first kappa shape index (κ1) is 27.5. The van der Waals surface area contributed by atoms with E-state index in [-0.39, 0.29) is 17.9 Å². The summed E-state index contributed by atoms with van der Waals surface area (Å²) in [5, 5.41) is 11.7. The molecule has 2 heterocycles. The molecular weight excluding hydrogens is 520 g/mol. The first-order chi connectivity index (χ1) is 18.4. The van der Waals surface area contributed by atoms with Gasteiger partial charge in [0.05, 0.1) is 18.4 Å². The van der Waals surface area contributed by atoms with E-state index in [0.717, 1.165) is 80.9 Å². The van der Waals surface area contributed by atoms with Gasteiger partial charge in [0.1, 0.15) is 16.7 Å².